The number of nitrogens with zero attached hydrogens (tertiary/aromatic N) is 2. The molecule has 2 atom stereocenters. The zero-order valence-electron chi connectivity index (χ0n) is 10.8. The number of hydrogen-bond donors (Lipinski definition) is 2. The first kappa shape index (κ1) is 11.6. The van der Waals surface area contributed by atoms with Gasteiger partial charge in [0.15, 0.2) is 0 Å². The van der Waals surface area contributed by atoms with Crippen molar-refractivity contribution >= 4 is 17.3 Å². The largest absolute Gasteiger partial charge is 0.396 e. The summed E-state index contributed by atoms with van der Waals surface area (Å²) in [5.74, 6) is 2.33. The Morgan fingerprint density at radius 1 is 1.06 bits per heavy atom. The Kier molecular flexibility index (Phi) is 3.02. The summed E-state index contributed by atoms with van der Waals surface area (Å²) in [6.45, 7) is 1.11. The number of aromatic nitrogens is 1. The summed E-state index contributed by atoms with van der Waals surface area (Å²) in [4.78, 5) is 6.93. The molecule has 18 heavy (non-hydrogen) atoms. The van der Waals surface area contributed by atoms with Crippen LogP contribution in [0.3, 0.4) is 0 Å². The van der Waals surface area contributed by atoms with Gasteiger partial charge in [0.2, 0.25) is 0 Å². The third-order valence-electron chi connectivity index (χ3n) is 4.48. The van der Waals surface area contributed by atoms with Crippen LogP contribution in [0.5, 0.6) is 0 Å². The Bertz CT molecular complexity index is 430. The van der Waals surface area contributed by atoms with E-state index in [2.05, 4.69) is 9.88 Å². The fraction of sp³-hybridized carbons (Fsp3) is 0.643. The molecule has 0 unspecified atom stereocenters. The van der Waals surface area contributed by atoms with Crippen LogP contribution in [0, 0.1) is 5.92 Å². The summed E-state index contributed by atoms with van der Waals surface area (Å²) in [6.07, 6.45) is 8.08. The zero-order chi connectivity index (χ0) is 12.5. The van der Waals surface area contributed by atoms with Crippen molar-refractivity contribution in [2.75, 3.05) is 22.9 Å². The molecule has 0 spiro atoms. The lowest BCUT2D eigenvalue weighted by Crippen LogP contribution is -2.47. The number of pyridine rings is 1. The number of fused-ring (bicyclic) bond motifs is 1. The molecule has 4 N–H and O–H groups in total. The predicted molar refractivity (Wildman–Crippen MR) is 75.4 cm³/mol. The number of nitrogens with two attached hydrogens (primary N) is 2. The minimum atomic E-state index is 0.463. The first-order valence-corrected chi connectivity index (χ1v) is 7.04. The molecule has 2 heterocycles. The summed E-state index contributed by atoms with van der Waals surface area (Å²) in [5, 5.41) is 0. The highest BCUT2D eigenvalue weighted by Crippen LogP contribution is 2.37. The van der Waals surface area contributed by atoms with Crippen molar-refractivity contribution in [1.82, 2.24) is 4.98 Å². The molecule has 0 bridgehead atoms. The molecule has 0 amide bonds. The van der Waals surface area contributed by atoms with Crippen LogP contribution in [0.2, 0.25) is 0 Å². The molecule has 1 aliphatic carbocycles. The van der Waals surface area contributed by atoms with Crippen LogP contribution in [-0.2, 0) is 0 Å². The third-order valence-corrected chi connectivity index (χ3v) is 4.48. The smallest absolute Gasteiger partial charge is 0.149 e. The SMILES string of the molecule is Nc1ccc(N2CCC[C@H]3CCCC[C@H]32)nc1N. The lowest BCUT2D eigenvalue weighted by atomic mass is 9.78. The van der Waals surface area contributed by atoms with Crippen molar-refractivity contribution in [1.29, 1.82) is 0 Å². The van der Waals surface area contributed by atoms with Crippen LogP contribution < -0.4 is 16.4 Å². The van der Waals surface area contributed by atoms with Crippen LogP contribution in [0.4, 0.5) is 17.3 Å². The van der Waals surface area contributed by atoms with Gasteiger partial charge in [-0.3, -0.25) is 0 Å². The molecule has 1 aliphatic heterocycles. The highest BCUT2D eigenvalue weighted by molar-refractivity contribution is 5.62. The van der Waals surface area contributed by atoms with Crippen LogP contribution in [0.1, 0.15) is 38.5 Å². The first-order chi connectivity index (χ1) is 8.75. The van der Waals surface area contributed by atoms with Crippen LogP contribution in [-0.4, -0.2) is 17.6 Å². The third kappa shape index (κ3) is 2.00. The van der Waals surface area contributed by atoms with Crippen molar-refractivity contribution in [2.45, 2.75) is 44.6 Å². The maximum Gasteiger partial charge on any atom is 0.149 e. The summed E-state index contributed by atoms with van der Waals surface area (Å²) in [5.41, 5.74) is 12.2. The summed E-state index contributed by atoms with van der Waals surface area (Å²) in [7, 11) is 0. The molecule has 0 aromatic carbocycles. The van der Waals surface area contributed by atoms with E-state index in [9.17, 15) is 0 Å². The lowest BCUT2D eigenvalue weighted by molar-refractivity contribution is 0.243. The van der Waals surface area contributed by atoms with E-state index >= 15 is 0 Å². The van der Waals surface area contributed by atoms with Crippen molar-refractivity contribution in [3.8, 4) is 0 Å². The first-order valence-electron chi connectivity index (χ1n) is 7.04. The van der Waals surface area contributed by atoms with Gasteiger partial charge in [-0.1, -0.05) is 12.8 Å². The number of rotatable bonds is 1. The van der Waals surface area contributed by atoms with Gasteiger partial charge in [0.1, 0.15) is 11.6 Å². The quantitative estimate of drug-likeness (QED) is 0.798. The molecular formula is C14H22N4. The molecule has 1 aromatic rings. The molecule has 1 saturated carbocycles. The van der Waals surface area contributed by atoms with Crippen molar-refractivity contribution in [3.63, 3.8) is 0 Å². The van der Waals surface area contributed by atoms with E-state index < -0.39 is 0 Å². The van der Waals surface area contributed by atoms with E-state index in [-0.39, 0.29) is 0 Å². The van der Waals surface area contributed by atoms with Gasteiger partial charge in [-0.2, -0.15) is 0 Å². The second kappa shape index (κ2) is 4.67. The van der Waals surface area contributed by atoms with Crippen molar-refractivity contribution < 1.29 is 0 Å². The van der Waals surface area contributed by atoms with Gasteiger partial charge in [-0.05, 0) is 43.7 Å². The van der Waals surface area contributed by atoms with Gasteiger partial charge in [0.25, 0.3) is 0 Å². The predicted octanol–water partition coefficient (Wildman–Crippen LogP) is 2.41. The fourth-order valence-electron chi connectivity index (χ4n) is 3.54. The van der Waals surface area contributed by atoms with Crippen molar-refractivity contribution in [3.05, 3.63) is 12.1 Å². The van der Waals surface area contributed by atoms with Gasteiger partial charge < -0.3 is 16.4 Å². The van der Waals surface area contributed by atoms with E-state index in [0.717, 1.165) is 18.3 Å². The zero-order valence-corrected chi connectivity index (χ0v) is 10.8. The second-order valence-corrected chi connectivity index (χ2v) is 5.59. The van der Waals surface area contributed by atoms with Crippen LogP contribution in [0.15, 0.2) is 12.1 Å². The average molecular weight is 246 g/mol. The minimum Gasteiger partial charge on any atom is -0.396 e. The number of piperidine rings is 1. The Labute approximate surface area is 108 Å². The van der Waals surface area contributed by atoms with Crippen LogP contribution >= 0.6 is 0 Å². The molecule has 1 aromatic heterocycles. The summed E-state index contributed by atoms with van der Waals surface area (Å²) in [6, 6.07) is 4.57. The van der Waals surface area contributed by atoms with Gasteiger partial charge in [0, 0.05) is 12.6 Å². The molecule has 98 valence electrons. The Morgan fingerprint density at radius 3 is 2.67 bits per heavy atom. The number of anilines is 3. The van der Waals surface area contributed by atoms with E-state index in [1.807, 2.05) is 12.1 Å². The molecule has 2 aliphatic rings. The van der Waals surface area contributed by atoms with Gasteiger partial charge >= 0.3 is 0 Å². The summed E-state index contributed by atoms with van der Waals surface area (Å²) < 4.78 is 0. The fourth-order valence-corrected chi connectivity index (χ4v) is 3.54. The van der Waals surface area contributed by atoms with Crippen LogP contribution in [0.25, 0.3) is 0 Å². The number of hydrogen-bond acceptors (Lipinski definition) is 4. The highest BCUT2D eigenvalue weighted by atomic mass is 15.2. The van der Waals surface area contributed by atoms with Crippen molar-refractivity contribution in [2.24, 2.45) is 5.92 Å². The van der Waals surface area contributed by atoms with E-state index in [1.165, 1.54) is 38.5 Å². The summed E-state index contributed by atoms with van der Waals surface area (Å²) >= 11 is 0. The molecule has 4 heteroatoms. The maximum atomic E-state index is 5.83. The molecule has 0 radical (unpaired) electrons. The van der Waals surface area contributed by atoms with Gasteiger partial charge in [-0.15, -0.1) is 0 Å². The number of nitrogen functional groups attached to an aromatic ring is 2. The average Bonchev–Trinajstić information content (AvgIpc) is 2.41. The maximum absolute atomic E-state index is 5.83. The highest BCUT2D eigenvalue weighted by Gasteiger charge is 2.33. The molecule has 3 rings (SSSR count). The Balaban J connectivity index is 1.87. The molecule has 1 saturated heterocycles. The minimum absolute atomic E-state index is 0.463. The Morgan fingerprint density at radius 2 is 1.83 bits per heavy atom. The lowest BCUT2D eigenvalue weighted by Gasteiger charge is -2.44. The normalized spacial score (nSPS) is 27.9. The molecule has 2 fully saturated rings. The Hall–Kier alpha value is -1.45. The van der Waals surface area contributed by atoms with E-state index in [4.69, 9.17) is 11.5 Å². The topological polar surface area (TPSA) is 68.2 Å². The standard InChI is InChI=1S/C14H22N4/c15-11-7-8-13(17-14(11)16)18-9-3-5-10-4-1-2-6-12(10)18/h7-8,10,12H,1-6,9,15H2,(H2,16,17)/t10-,12-/m1/s1. The van der Waals surface area contributed by atoms with Gasteiger partial charge in [-0.25, -0.2) is 4.98 Å². The second-order valence-electron chi connectivity index (χ2n) is 5.59. The van der Waals surface area contributed by atoms with E-state index in [0.29, 0.717) is 17.5 Å². The molecule has 4 nitrogen and oxygen atoms in total. The molecular weight excluding hydrogens is 224 g/mol. The van der Waals surface area contributed by atoms with Gasteiger partial charge in [0.05, 0.1) is 5.69 Å². The monoisotopic (exact) mass is 246 g/mol. The van der Waals surface area contributed by atoms with E-state index in [1.54, 1.807) is 0 Å².